The molecule has 0 saturated heterocycles. The number of rotatable bonds is 4. The molecule has 0 fully saturated rings. The predicted molar refractivity (Wildman–Crippen MR) is 104 cm³/mol. The van der Waals surface area contributed by atoms with E-state index in [1.165, 1.54) is 0 Å². The van der Waals surface area contributed by atoms with E-state index in [0.29, 0.717) is 19.1 Å². The summed E-state index contributed by atoms with van der Waals surface area (Å²) in [6.07, 6.45) is 2.02. The number of hydrogen-bond donors (Lipinski definition) is 0. The summed E-state index contributed by atoms with van der Waals surface area (Å²) in [5.41, 5.74) is 1.07. The Labute approximate surface area is 156 Å². The zero-order valence-electron chi connectivity index (χ0n) is 15.0. The van der Waals surface area contributed by atoms with Gasteiger partial charge < -0.3 is 9.16 Å². The number of aliphatic imine (C=N–C) groups is 1. The first-order valence-corrected chi connectivity index (χ1v) is 11.9. The van der Waals surface area contributed by atoms with Crippen molar-refractivity contribution in [3.63, 3.8) is 0 Å². The maximum absolute atomic E-state index is 6.62. The normalized spacial score (nSPS) is 18.9. The Balaban J connectivity index is 2.92. The Morgan fingerprint density at radius 2 is 1.78 bits per heavy atom. The molecule has 0 aliphatic carbocycles. The van der Waals surface area contributed by atoms with Crippen molar-refractivity contribution in [2.24, 2.45) is 10.9 Å². The van der Waals surface area contributed by atoms with Gasteiger partial charge >= 0.3 is 0 Å². The third-order valence-electron chi connectivity index (χ3n) is 4.41. The Hall–Kier alpha value is 0.257. The molecule has 7 heteroatoms. The van der Waals surface area contributed by atoms with Crippen LogP contribution in [0.5, 0.6) is 0 Å². The van der Waals surface area contributed by atoms with E-state index in [-0.39, 0.29) is 17.0 Å². The molecule has 23 heavy (non-hydrogen) atoms. The molecule has 1 aliphatic rings. The van der Waals surface area contributed by atoms with E-state index in [9.17, 15) is 0 Å². The molecule has 134 valence electrons. The van der Waals surface area contributed by atoms with Gasteiger partial charge in [0, 0.05) is 0 Å². The lowest BCUT2D eigenvalue weighted by Crippen LogP contribution is -2.46. The number of hydrogen-bond acceptors (Lipinski definition) is 3. The van der Waals surface area contributed by atoms with Crippen molar-refractivity contribution in [1.82, 2.24) is 0 Å². The summed E-state index contributed by atoms with van der Waals surface area (Å²) in [4.78, 5) is 4.21. The van der Waals surface area contributed by atoms with Crippen LogP contribution in [0.15, 0.2) is 16.6 Å². The van der Waals surface area contributed by atoms with Crippen molar-refractivity contribution < 1.29 is 9.16 Å². The summed E-state index contributed by atoms with van der Waals surface area (Å²) < 4.78 is 10.6. The van der Waals surface area contributed by atoms with Crippen LogP contribution in [0.4, 0.5) is 0 Å². The summed E-state index contributed by atoms with van der Waals surface area (Å²) in [6, 6.07) is 0. The van der Waals surface area contributed by atoms with Gasteiger partial charge in [-0.3, -0.25) is 0 Å². The quantitative estimate of drug-likeness (QED) is 0.341. The molecule has 1 heterocycles. The monoisotopic (exact) mass is 399 g/mol. The molecule has 1 rings (SSSR count). The smallest absolute Gasteiger partial charge is 0.266 e. The summed E-state index contributed by atoms with van der Waals surface area (Å²) in [5, 5.41) is 0.144. The van der Waals surface area contributed by atoms with E-state index in [0.717, 1.165) is 5.57 Å². The molecule has 0 aromatic carbocycles. The van der Waals surface area contributed by atoms with Gasteiger partial charge in [0.25, 0.3) is 3.79 Å². The average molecular weight is 401 g/mol. The Kier molecular flexibility index (Phi) is 7.08. The molecule has 0 N–H and O–H groups in total. The first kappa shape index (κ1) is 21.3. The molecular weight excluding hydrogens is 373 g/mol. The third kappa shape index (κ3) is 5.93. The fourth-order valence-corrected chi connectivity index (χ4v) is 3.76. The lowest BCUT2D eigenvalue weighted by atomic mass is 9.99. The third-order valence-corrected chi connectivity index (χ3v) is 9.35. The Bertz CT molecular complexity index is 477. The van der Waals surface area contributed by atoms with Crippen LogP contribution in [-0.2, 0) is 9.16 Å². The highest BCUT2D eigenvalue weighted by Crippen LogP contribution is 2.39. The topological polar surface area (TPSA) is 30.8 Å². The van der Waals surface area contributed by atoms with Crippen LogP contribution in [0.2, 0.25) is 18.1 Å². The maximum Gasteiger partial charge on any atom is 0.266 e. The van der Waals surface area contributed by atoms with Gasteiger partial charge in [0.1, 0.15) is 6.61 Å². The SMILES string of the molecule is CC(C)C(O[Si](C)(C)C(C)(C)C)C1=CCN=C(C(Cl)(Cl)Cl)OC1. The average Bonchev–Trinajstić information content (AvgIpc) is 2.59. The largest absolute Gasteiger partial charge is 0.473 e. The van der Waals surface area contributed by atoms with Crippen molar-refractivity contribution in [3.8, 4) is 0 Å². The van der Waals surface area contributed by atoms with E-state index >= 15 is 0 Å². The predicted octanol–water partition coefficient (Wildman–Crippen LogP) is 5.76. The highest BCUT2D eigenvalue weighted by Gasteiger charge is 2.41. The number of nitrogens with zero attached hydrogens (tertiary/aromatic N) is 1. The second-order valence-electron chi connectivity index (χ2n) is 7.75. The summed E-state index contributed by atoms with van der Waals surface area (Å²) in [5.74, 6) is 0.469. The van der Waals surface area contributed by atoms with Gasteiger partial charge in [0.15, 0.2) is 8.32 Å². The van der Waals surface area contributed by atoms with Gasteiger partial charge in [-0.1, -0.05) is 75.5 Å². The molecule has 0 radical (unpaired) electrons. The minimum absolute atomic E-state index is 0.0131. The molecule has 1 atom stereocenters. The van der Waals surface area contributed by atoms with Crippen molar-refractivity contribution >= 4 is 49.0 Å². The van der Waals surface area contributed by atoms with E-state index in [1.54, 1.807) is 0 Å². The molecule has 0 aromatic rings. The fraction of sp³-hybridized carbons (Fsp3) is 0.812. The zero-order chi connectivity index (χ0) is 18.1. The van der Waals surface area contributed by atoms with Crippen LogP contribution in [0, 0.1) is 5.92 Å². The van der Waals surface area contributed by atoms with Gasteiger partial charge in [-0.2, -0.15) is 0 Å². The summed E-state index contributed by atoms with van der Waals surface area (Å²) in [6.45, 7) is 16.3. The van der Waals surface area contributed by atoms with E-state index in [2.05, 4.69) is 52.7 Å². The van der Waals surface area contributed by atoms with Crippen LogP contribution in [0.25, 0.3) is 0 Å². The lowest BCUT2D eigenvalue weighted by Gasteiger charge is -2.41. The minimum Gasteiger partial charge on any atom is -0.473 e. The maximum atomic E-state index is 6.62. The second kappa shape index (κ2) is 7.65. The van der Waals surface area contributed by atoms with Crippen LogP contribution >= 0.6 is 34.8 Å². The summed E-state index contributed by atoms with van der Waals surface area (Å²) in [7, 11) is -1.90. The highest BCUT2D eigenvalue weighted by molar-refractivity contribution is 6.76. The molecule has 0 bridgehead atoms. The summed E-state index contributed by atoms with van der Waals surface area (Å²) >= 11 is 17.6. The number of ether oxygens (including phenoxy) is 1. The molecule has 0 aromatic heterocycles. The van der Waals surface area contributed by atoms with Crippen LogP contribution in [0.3, 0.4) is 0 Å². The lowest BCUT2D eigenvalue weighted by molar-refractivity contribution is 0.151. The van der Waals surface area contributed by atoms with E-state index < -0.39 is 12.1 Å². The minimum atomic E-state index is -1.90. The molecule has 0 spiro atoms. The van der Waals surface area contributed by atoms with Gasteiger partial charge in [0.05, 0.1) is 12.6 Å². The fourth-order valence-electron chi connectivity index (χ4n) is 2.01. The van der Waals surface area contributed by atoms with E-state index in [1.807, 2.05) is 6.08 Å². The molecule has 1 unspecified atom stereocenters. The second-order valence-corrected chi connectivity index (χ2v) is 14.8. The van der Waals surface area contributed by atoms with E-state index in [4.69, 9.17) is 44.0 Å². The van der Waals surface area contributed by atoms with Gasteiger partial charge in [-0.15, -0.1) is 0 Å². The van der Waals surface area contributed by atoms with Crippen molar-refractivity contribution in [2.45, 2.75) is 62.6 Å². The van der Waals surface area contributed by atoms with Crippen LogP contribution in [-0.4, -0.2) is 37.3 Å². The molecule has 0 saturated carbocycles. The number of halogens is 3. The van der Waals surface area contributed by atoms with Crippen molar-refractivity contribution in [3.05, 3.63) is 11.6 Å². The molecule has 1 aliphatic heterocycles. The van der Waals surface area contributed by atoms with Crippen LogP contribution in [0.1, 0.15) is 34.6 Å². The Morgan fingerprint density at radius 3 is 2.22 bits per heavy atom. The highest BCUT2D eigenvalue weighted by atomic mass is 35.6. The van der Waals surface area contributed by atoms with Crippen molar-refractivity contribution in [1.29, 1.82) is 0 Å². The first-order chi connectivity index (χ1) is 10.3. The van der Waals surface area contributed by atoms with Gasteiger partial charge in [-0.25, -0.2) is 4.99 Å². The van der Waals surface area contributed by atoms with Gasteiger partial charge in [-0.05, 0) is 29.6 Å². The standard InChI is InChI=1S/C16H28Cl3NO2Si/c1-11(2)13(22-23(6,7)15(3,4)5)12-8-9-20-14(21-10-12)16(17,18)19/h8,11,13H,9-10H2,1-7H3. The Morgan fingerprint density at radius 1 is 1.22 bits per heavy atom. The molecule has 3 nitrogen and oxygen atoms in total. The van der Waals surface area contributed by atoms with Gasteiger partial charge in [0.2, 0.25) is 5.90 Å². The number of alkyl halides is 3. The molecule has 0 amide bonds. The first-order valence-electron chi connectivity index (χ1n) is 7.87. The van der Waals surface area contributed by atoms with Crippen molar-refractivity contribution in [2.75, 3.05) is 13.2 Å². The zero-order valence-corrected chi connectivity index (χ0v) is 18.3. The van der Waals surface area contributed by atoms with Crippen LogP contribution < -0.4 is 0 Å². The molecular formula is C16H28Cl3NO2Si.